The fourth-order valence-electron chi connectivity index (χ4n) is 2.75. The Morgan fingerprint density at radius 1 is 0.810 bits per heavy atom. The van der Waals surface area contributed by atoms with Crippen LogP contribution in [-0.4, -0.2) is 6.04 Å². The molecule has 0 heterocycles. The highest BCUT2D eigenvalue weighted by molar-refractivity contribution is 14.1. The summed E-state index contributed by atoms with van der Waals surface area (Å²) >= 11 is 2.33. The van der Waals surface area contributed by atoms with Gasteiger partial charge in [0.05, 0.1) is 0 Å². The Morgan fingerprint density at radius 3 is 2.33 bits per heavy atom. The standard InChI is InChI=1S/C19H18IN/c20-17-10-8-14(9-11-17)12-18(21)13-16-6-3-5-15-4-1-2-7-19(15)16/h1-11,18H,12-13,21H2. The Balaban J connectivity index is 1.77. The number of hydrogen-bond acceptors (Lipinski definition) is 1. The van der Waals surface area contributed by atoms with E-state index < -0.39 is 0 Å². The van der Waals surface area contributed by atoms with Crippen molar-refractivity contribution < 1.29 is 0 Å². The lowest BCUT2D eigenvalue weighted by atomic mass is 9.96. The topological polar surface area (TPSA) is 26.0 Å². The summed E-state index contributed by atoms with van der Waals surface area (Å²) in [6.45, 7) is 0. The van der Waals surface area contributed by atoms with E-state index >= 15 is 0 Å². The first-order chi connectivity index (χ1) is 10.2. The van der Waals surface area contributed by atoms with Crippen molar-refractivity contribution in [3.8, 4) is 0 Å². The number of benzene rings is 3. The monoisotopic (exact) mass is 387 g/mol. The molecule has 0 saturated carbocycles. The summed E-state index contributed by atoms with van der Waals surface area (Å²) in [7, 11) is 0. The van der Waals surface area contributed by atoms with Crippen LogP contribution < -0.4 is 5.73 Å². The van der Waals surface area contributed by atoms with Crippen LogP contribution in [0.15, 0.2) is 66.7 Å². The van der Waals surface area contributed by atoms with E-state index in [1.807, 2.05) is 0 Å². The number of rotatable bonds is 4. The molecule has 0 aliphatic carbocycles. The van der Waals surface area contributed by atoms with Crippen molar-refractivity contribution in [2.75, 3.05) is 0 Å². The van der Waals surface area contributed by atoms with Gasteiger partial charge in [-0.2, -0.15) is 0 Å². The molecule has 1 nitrogen and oxygen atoms in total. The summed E-state index contributed by atoms with van der Waals surface area (Å²) < 4.78 is 1.26. The summed E-state index contributed by atoms with van der Waals surface area (Å²) in [5, 5.41) is 2.61. The fraction of sp³-hybridized carbons (Fsp3) is 0.158. The molecule has 0 fully saturated rings. The van der Waals surface area contributed by atoms with Crippen molar-refractivity contribution in [2.45, 2.75) is 18.9 Å². The molecule has 2 heteroatoms. The molecule has 1 atom stereocenters. The number of halogens is 1. The van der Waals surface area contributed by atoms with Gasteiger partial charge in [-0.05, 0) is 69.5 Å². The second-order valence-electron chi connectivity index (χ2n) is 5.43. The molecule has 2 N–H and O–H groups in total. The summed E-state index contributed by atoms with van der Waals surface area (Å²) in [4.78, 5) is 0. The predicted octanol–water partition coefficient (Wildman–Crippen LogP) is 4.56. The SMILES string of the molecule is NC(Cc1ccc(I)cc1)Cc1cccc2ccccc12. The van der Waals surface area contributed by atoms with E-state index in [1.54, 1.807) is 0 Å². The van der Waals surface area contributed by atoms with Crippen molar-refractivity contribution >= 4 is 33.4 Å². The van der Waals surface area contributed by atoms with Gasteiger partial charge in [-0.15, -0.1) is 0 Å². The van der Waals surface area contributed by atoms with Crippen LogP contribution in [0.2, 0.25) is 0 Å². The third-order valence-corrected chi connectivity index (χ3v) is 4.49. The zero-order valence-corrected chi connectivity index (χ0v) is 14.0. The molecule has 0 saturated heterocycles. The van der Waals surface area contributed by atoms with Gasteiger partial charge in [0.2, 0.25) is 0 Å². The van der Waals surface area contributed by atoms with E-state index in [9.17, 15) is 0 Å². The van der Waals surface area contributed by atoms with Crippen molar-refractivity contribution in [1.29, 1.82) is 0 Å². The highest BCUT2D eigenvalue weighted by Gasteiger charge is 2.08. The van der Waals surface area contributed by atoms with E-state index in [0.717, 1.165) is 12.8 Å². The van der Waals surface area contributed by atoms with Gasteiger partial charge in [0.1, 0.15) is 0 Å². The average molecular weight is 387 g/mol. The molecule has 0 spiro atoms. The van der Waals surface area contributed by atoms with E-state index in [2.05, 4.69) is 89.3 Å². The first-order valence-electron chi connectivity index (χ1n) is 7.19. The minimum absolute atomic E-state index is 0.149. The maximum atomic E-state index is 6.36. The van der Waals surface area contributed by atoms with E-state index in [1.165, 1.54) is 25.5 Å². The maximum Gasteiger partial charge on any atom is 0.0130 e. The molecule has 0 aliphatic rings. The van der Waals surface area contributed by atoms with Crippen molar-refractivity contribution in [1.82, 2.24) is 0 Å². The number of nitrogens with two attached hydrogens (primary N) is 1. The van der Waals surface area contributed by atoms with Crippen molar-refractivity contribution in [3.05, 3.63) is 81.4 Å². The second kappa shape index (κ2) is 6.58. The second-order valence-corrected chi connectivity index (χ2v) is 6.68. The van der Waals surface area contributed by atoms with Crippen LogP contribution in [0, 0.1) is 3.57 Å². The van der Waals surface area contributed by atoms with Gasteiger partial charge in [0, 0.05) is 9.61 Å². The molecule has 1 unspecified atom stereocenters. The Labute approximate surface area is 139 Å². The fourth-order valence-corrected chi connectivity index (χ4v) is 3.11. The molecule has 0 amide bonds. The zero-order valence-electron chi connectivity index (χ0n) is 11.8. The largest absolute Gasteiger partial charge is 0.327 e. The Kier molecular flexibility index (Phi) is 4.56. The third-order valence-electron chi connectivity index (χ3n) is 3.77. The zero-order chi connectivity index (χ0) is 14.7. The van der Waals surface area contributed by atoms with Gasteiger partial charge in [0.15, 0.2) is 0 Å². The molecule has 0 radical (unpaired) electrons. The lowest BCUT2D eigenvalue weighted by molar-refractivity contribution is 0.667. The van der Waals surface area contributed by atoms with Gasteiger partial charge in [0.25, 0.3) is 0 Å². The molecule has 0 aromatic heterocycles. The quantitative estimate of drug-likeness (QED) is 0.653. The highest BCUT2D eigenvalue weighted by Crippen LogP contribution is 2.20. The molecule has 3 rings (SSSR count). The summed E-state index contributed by atoms with van der Waals surface area (Å²) in [6, 6.07) is 23.8. The smallest absolute Gasteiger partial charge is 0.0130 e. The van der Waals surface area contributed by atoms with Gasteiger partial charge < -0.3 is 5.73 Å². The van der Waals surface area contributed by atoms with E-state index in [4.69, 9.17) is 5.73 Å². The summed E-state index contributed by atoms with van der Waals surface area (Å²) in [5.41, 5.74) is 9.01. The third kappa shape index (κ3) is 3.63. The summed E-state index contributed by atoms with van der Waals surface area (Å²) in [6.07, 6.45) is 1.83. The van der Waals surface area contributed by atoms with Crippen LogP contribution in [0.3, 0.4) is 0 Å². The molecular formula is C19H18IN. The summed E-state index contributed by atoms with van der Waals surface area (Å²) in [5.74, 6) is 0. The first kappa shape index (κ1) is 14.5. The van der Waals surface area contributed by atoms with Crippen molar-refractivity contribution in [2.24, 2.45) is 5.73 Å². The molecule has 3 aromatic rings. The van der Waals surface area contributed by atoms with E-state index in [-0.39, 0.29) is 6.04 Å². The molecule has 106 valence electrons. The predicted molar refractivity (Wildman–Crippen MR) is 98.5 cm³/mol. The molecular weight excluding hydrogens is 369 g/mol. The van der Waals surface area contributed by atoms with Crippen LogP contribution in [0.4, 0.5) is 0 Å². The van der Waals surface area contributed by atoms with Crippen LogP contribution in [0.1, 0.15) is 11.1 Å². The first-order valence-corrected chi connectivity index (χ1v) is 8.27. The minimum atomic E-state index is 0.149. The average Bonchev–Trinajstić information content (AvgIpc) is 2.50. The molecule has 3 aromatic carbocycles. The van der Waals surface area contributed by atoms with Crippen LogP contribution in [0.25, 0.3) is 10.8 Å². The minimum Gasteiger partial charge on any atom is -0.327 e. The maximum absolute atomic E-state index is 6.36. The molecule has 21 heavy (non-hydrogen) atoms. The van der Waals surface area contributed by atoms with Gasteiger partial charge in [-0.25, -0.2) is 0 Å². The van der Waals surface area contributed by atoms with Crippen LogP contribution in [0.5, 0.6) is 0 Å². The van der Waals surface area contributed by atoms with Crippen molar-refractivity contribution in [3.63, 3.8) is 0 Å². The normalized spacial score (nSPS) is 12.5. The lowest BCUT2D eigenvalue weighted by Gasteiger charge is -2.14. The molecule has 0 bridgehead atoms. The van der Waals surface area contributed by atoms with Gasteiger partial charge in [-0.3, -0.25) is 0 Å². The van der Waals surface area contributed by atoms with Crippen LogP contribution >= 0.6 is 22.6 Å². The highest BCUT2D eigenvalue weighted by atomic mass is 127. The lowest BCUT2D eigenvalue weighted by Crippen LogP contribution is -2.25. The van der Waals surface area contributed by atoms with Gasteiger partial charge in [-0.1, -0.05) is 54.6 Å². The Hall–Kier alpha value is -1.39. The number of hydrogen-bond donors (Lipinski definition) is 1. The Morgan fingerprint density at radius 2 is 1.52 bits per heavy atom. The molecule has 0 aliphatic heterocycles. The van der Waals surface area contributed by atoms with E-state index in [0.29, 0.717) is 0 Å². The van der Waals surface area contributed by atoms with Gasteiger partial charge >= 0.3 is 0 Å². The number of fused-ring (bicyclic) bond motifs is 1. The van der Waals surface area contributed by atoms with Crippen LogP contribution in [-0.2, 0) is 12.8 Å². The Bertz CT molecular complexity index is 729.